The predicted octanol–water partition coefficient (Wildman–Crippen LogP) is 3.87. The molecule has 0 aliphatic rings. The van der Waals surface area contributed by atoms with Crippen LogP contribution in [0.25, 0.3) is 6.08 Å². The number of hydrogen-bond acceptors (Lipinski definition) is 2. The van der Waals surface area contributed by atoms with Crippen LogP contribution in [-0.4, -0.2) is 17.4 Å². The molecule has 0 atom stereocenters. The van der Waals surface area contributed by atoms with Crippen LogP contribution in [-0.2, 0) is 4.79 Å². The maximum absolute atomic E-state index is 12.2. The van der Waals surface area contributed by atoms with E-state index in [1.54, 1.807) is 30.3 Å². The minimum Gasteiger partial charge on any atom is -0.347 e. The van der Waals surface area contributed by atoms with Gasteiger partial charge in [-0.2, -0.15) is 0 Å². The summed E-state index contributed by atoms with van der Waals surface area (Å²) in [6.45, 7) is 5.76. The number of carbonyl (C=O) groups is 2. The van der Waals surface area contributed by atoms with Crippen LogP contribution in [0.1, 0.15) is 36.7 Å². The molecule has 0 fully saturated rings. The van der Waals surface area contributed by atoms with Gasteiger partial charge < -0.3 is 10.6 Å². The van der Waals surface area contributed by atoms with Crippen LogP contribution < -0.4 is 10.6 Å². The van der Waals surface area contributed by atoms with Gasteiger partial charge in [0.15, 0.2) is 0 Å². The summed E-state index contributed by atoms with van der Waals surface area (Å²) in [6, 6.07) is 16.5. The third kappa shape index (κ3) is 5.72. The third-order valence-electron chi connectivity index (χ3n) is 3.11. The van der Waals surface area contributed by atoms with Gasteiger partial charge in [0.1, 0.15) is 0 Å². The Morgan fingerprint density at radius 3 is 2.33 bits per heavy atom. The van der Waals surface area contributed by atoms with Crippen LogP contribution in [0, 0.1) is 0 Å². The highest BCUT2D eigenvalue weighted by Crippen LogP contribution is 2.12. The van der Waals surface area contributed by atoms with E-state index >= 15 is 0 Å². The van der Waals surface area contributed by atoms with Crippen molar-refractivity contribution in [2.45, 2.75) is 26.3 Å². The Labute approximate surface area is 142 Å². The normalized spacial score (nSPS) is 11.3. The zero-order valence-corrected chi connectivity index (χ0v) is 14.2. The summed E-state index contributed by atoms with van der Waals surface area (Å²) in [6.07, 6.45) is 3.21. The zero-order chi connectivity index (χ0) is 17.6. The van der Waals surface area contributed by atoms with E-state index < -0.39 is 0 Å². The smallest absolute Gasteiger partial charge is 0.251 e. The Kier molecular flexibility index (Phi) is 5.53. The second kappa shape index (κ2) is 7.59. The van der Waals surface area contributed by atoms with E-state index in [4.69, 9.17) is 0 Å². The molecule has 0 bridgehead atoms. The molecule has 0 aromatic heterocycles. The van der Waals surface area contributed by atoms with E-state index in [2.05, 4.69) is 10.6 Å². The molecule has 0 unspecified atom stereocenters. The van der Waals surface area contributed by atoms with E-state index in [1.807, 2.05) is 51.1 Å². The lowest BCUT2D eigenvalue weighted by molar-refractivity contribution is -0.111. The lowest BCUT2D eigenvalue weighted by Gasteiger charge is -2.20. The van der Waals surface area contributed by atoms with Crippen LogP contribution in [0.4, 0.5) is 5.69 Å². The molecule has 0 saturated carbocycles. The van der Waals surface area contributed by atoms with E-state index in [-0.39, 0.29) is 17.4 Å². The van der Waals surface area contributed by atoms with Crippen LogP contribution >= 0.6 is 0 Å². The van der Waals surface area contributed by atoms with E-state index in [1.165, 1.54) is 6.08 Å². The molecule has 4 heteroatoms. The summed E-state index contributed by atoms with van der Waals surface area (Å²) in [5, 5.41) is 5.66. The Hall–Kier alpha value is -2.88. The van der Waals surface area contributed by atoms with Crippen molar-refractivity contribution in [3.63, 3.8) is 0 Å². The van der Waals surface area contributed by atoms with Gasteiger partial charge in [-0.15, -0.1) is 0 Å². The van der Waals surface area contributed by atoms with Crippen molar-refractivity contribution < 1.29 is 9.59 Å². The Morgan fingerprint density at radius 2 is 1.67 bits per heavy atom. The molecule has 0 radical (unpaired) electrons. The number of benzene rings is 2. The van der Waals surface area contributed by atoms with Gasteiger partial charge >= 0.3 is 0 Å². The first-order chi connectivity index (χ1) is 11.3. The van der Waals surface area contributed by atoms with Crippen molar-refractivity contribution in [1.82, 2.24) is 5.32 Å². The summed E-state index contributed by atoms with van der Waals surface area (Å²) in [4.78, 5) is 24.2. The lowest BCUT2D eigenvalue weighted by Crippen LogP contribution is -2.40. The maximum atomic E-state index is 12.2. The molecule has 0 aliphatic carbocycles. The SMILES string of the molecule is CC(C)(C)NC(=O)c1cccc(NC(=O)/C=C/c2ccccc2)c1. The Balaban J connectivity index is 2.02. The first-order valence-corrected chi connectivity index (χ1v) is 7.80. The number of hydrogen-bond donors (Lipinski definition) is 2. The highest BCUT2D eigenvalue weighted by atomic mass is 16.2. The second-order valence-corrected chi connectivity index (χ2v) is 6.52. The summed E-state index contributed by atoms with van der Waals surface area (Å²) in [5.41, 5.74) is 1.73. The minimum absolute atomic E-state index is 0.168. The summed E-state index contributed by atoms with van der Waals surface area (Å²) >= 11 is 0. The number of nitrogens with one attached hydrogen (secondary N) is 2. The van der Waals surface area contributed by atoms with Crippen LogP contribution in [0.3, 0.4) is 0 Å². The fourth-order valence-electron chi connectivity index (χ4n) is 2.07. The zero-order valence-electron chi connectivity index (χ0n) is 14.2. The van der Waals surface area contributed by atoms with Gasteiger partial charge in [0.2, 0.25) is 5.91 Å². The summed E-state index contributed by atoms with van der Waals surface area (Å²) in [5.74, 6) is -0.411. The van der Waals surface area contributed by atoms with E-state index in [9.17, 15) is 9.59 Å². The highest BCUT2D eigenvalue weighted by Gasteiger charge is 2.15. The number of rotatable bonds is 4. The molecular weight excluding hydrogens is 300 g/mol. The van der Waals surface area contributed by atoms with Crippen molar-refractivity contribution in [3.8, 4) is 0 Å². The van der Waals surface area contributed by atoms with Crippen molar-refractivity contribution in [1.29, 1.82) is 0 Å². The van der Waals surface area contributed by atoms with Crippen LogP contribution in [0.5, 0.6) is 0 Å². The molecule has 2 aromatic rings. The van der Waals surface area contributed by atoms with Gasteiger partial charge in [-0.3, -0.25) is 9.59 Å². The Morgan fingerprint density at radius 1 is 0.958 bits per heavy atom. The molecule has 0 saturated heterocycles. The topological polar surface area (TPSA) is 58.2 Å². The predicted molar refractivity (Wildman–Crippen MR) is 97.8 cm³/mol. The number of amides is 2. The number of carbonyl (C=O) groups excluding carboxylic acids is 2. The number of anilines is 1. The molecule has 4 nitrogen and oxygen atoms in total. The minimum atomic E-state index is -0.311. The standard InChI is InChI=1S/C20H22N2O2/c1-20(2,3)22-19(24)16-10-7-11-17(14-16)21-18(23)13-12-15-8-5-4-6-9-15/h4-14H,1-3H3,(H,21,23)(H,22,24)/b13-12+. The van der Waals surface area contributed by atoms with Crippen molar-refractivity contribution in [2.24, 2.45) is 0 Å². The molecule has 0 heterocycles. The molecule has 0 spiro atoms. The molecule has 124 valence electrons. The quantitative estimate of drug-likeness (QED) is 0.840. The maximum Gasteiger partial charge on any atom is 0.251 e. The van der Waals surface area contributed by atoms with Crippen LogP contribution in [0.2, 0.25) is 0 Å². The van der Waals surface area contributed by atoms with Gasteiger partial charge in [-0.25, -0.2) is 0 Å². The van der Waals surface area contributed by atoms with E-state index in [0.717, 1.165) is 5.56 Å². The van der Waals surface area contributed by atoms with Gasteiger partial charge in [0, 0.05) is 22.9 Å². The molecule has 2 rings (SSSR count). The fraction of sp³-hybridized carbons (Fsp3) is 0.200. The third-order valence-corrected chi connectivity index (χ3v) is 3.11. The first kappa shape index (κ1) is 17.5. The fourth-order valence-corrected chi connectivity index (χ4v) is 2.07. The second-order valence-electron chi connectivity index (χ2n) is 6.52. The van der Waals surface area contributed by atoms with Crippen molar-refractivity contribution in [3.05, 3.63) is 71.8 Å². The van der Waals surface area contributed by atoms with Crippen molar-refractivity contribution in [2.75, 3.05) is 5.32 Å². The Bertz CT molecular complexity index is 744. The van der Waals surface area contributed by atoms with Crippen LogP contribution in [0.15, 0.2) is 60.7 Å². The van der Waals surface area contributed by atoms with Gasteiger partial charge in [0.05, 0.1) is 0 Å². The first-order valence-electron chi connectivity index (χ1n) is 7.80. The summed E-state index contributed by atoms with van der Waals surface area (Å²) < 4.78 is 0. The highest BCUT2D eigenvalue weighted by molar-refractivity contribution is 6.03. The molecular formula is C20H22N2O2. The molecule has 0 aliphatic heterocycles. The molecule has 2 amide bonds. The van der Waals surface area contributed by atoms with Gasteiger partial charge in [-0.05, 0) is 50.6 Å². The summed E-state index contributed by atoms with van der Waals surface area (Å²) in [7, 11) is 0. The average Bonchev–Trinajstić information content (AvgIpc) is 2.52. The average molecular weight is 322 g/mol. The van der Waals surface area contributed by atoms with Gasteiger partial charge in [-0.1, -0.05) is 36.4 Å². The van der Waals surface area contributed by atoms with Crippen molar-refractivity contribution >= 4 is 23.6 Å². The largest absolute Gasteiger partial charge is 0.347 e. The van der Waals surface area contributed by atoms with E-state index in [0.29, 0.717) is 11.3 Å². The molecule has 24 heavy (non-hydrogen) atoms. The molecule has 2 aromatic carbocycles. The van der Waals surface area contributed by atoms with Gasteiger partial charge in [0.25, 0.3) is 5.91 Å². The monoisotopic (exact) mass is 322 g/mol. The molecule has 2 N–H and O–H groups in total. The lowest BCUT2D eigenvalue weighted by atomic mass is 10.1.